The largest absolute Gasteiger partial charge is 0.394 e. The van der Waals surface area contributed by atoms with Crippen molar-refractivity contribution in [3.63, 3.8) is 0 Å². The predicted molar refractivity (Wildman–Crippen MR) is 54.7 cm³/mol. The van der Waals surface area contributed by atoms with Crippen molar-refractivity contribution in [3.8, 4) is 0 Å². The Hall–Kier alpha value is -1.23. The molecule has 13 heavy (non-hydrogen) atoms. The smallest absolute Gasteiger partial charge is 0.147 e. The Balaban J connectivity index is 2.55. The molecule has 1 heterocycles. The average Bonchev–Trinajstić information content (AvgIpc) is 2.47. The number of hydrogen-bond donors (Lipinski definition) is 3. The highest BCUT2D eigenvalue weighted by atomic mass is 15.3. The fourth-order valence-electron chi connectivity index (χ4n) is 1.20. The van der Waals surface area contributed by atoms with Crippen LogP contribution in [0.2, 0.25) is 0 Å². The lowest BCUT2D eigenvalue weighted by molar-refractivity contribution is 0.570. The van der Waals surface area contributed by atoms with E-state index in [1.54, 1.807) is 6.20 Å². The van der Waals surface area contributed by atoms with Crippen LogP contribution in [0.3, 0.4) is 0 Å². The lowest BCUT2D eigenvalue weighted by atomic mass is 10.5. The topological polar surface area (TPSA) is 67.9 Å². The van der Waals surface area contributed by atoms with E-state index in [0.29, 0.717) is 5.69 Å². The summed E-state index contributed by atoms with van der Waals surface area (Å²) in [5, 5.41) is 10.4. The second-order valence-electron chi connectivity index (χ2n) is 2.78. The quantitative estimate of drug-likeness (QED) is 0.567. The van der Waals surface area contributed by atoms with Crippen LogP contribution in [-0.4, -0.2) is 29.9 Å². The third-order valence-corrected chi connectivity index (χ3v) is 1.85. The van der Waals surface area contributed by atoms with Crippen molar-refractivity contribution >= 4 is 11.5 Å². The van der Waals surface area contributed by atoms with E-state index in [4.69, 9.17) is 5.73 Å². The molecule has 0 amide bonds. The summed E-state index contributed by atoms with van der Waals surface area (Å²) < 4.78 is 1.86. The molecule has 4 N–H and O–H groups in total. The number of rotatable bonds is 5. The van der Waals surface area contributed by atoms with Crippen molar-refractivity contribution in [2.45, 2.75) is 13.5 Å². The van der Waals surface area contributed by atoms with Gasteiger partial charge in [-0.1, -0.05) is 6.92 Å². The molecule has 0 fully saturated rings. The van der Waals surface area contributed by atoms with Crippen molar-refractivity contribution in [1.29, 1.82) is 0 Å². The van der Waals surface area contributed by atoms with E-state index in [1.165, 1.54) is 0 Å². The Morgan fingerprint density at radius 3 is 3.00 bits per heavy atom. The summed E-state index contributed by atoms with van der Waals surface area (Å²) in [5.41, 5.74) is 6.38. The maximum atomic E-state index is 5.69. The van der Waals surface area contributed by atoms with E-state index in [2.05, 4.69) is 22.7 Å². The molecule has 0 saturated heterocycles. The monoisotopic (exact) mass is 183 g/mol. The van der Waals surface area contributed by atoms with Gasteiger partial charge >= 0.3 is 0 Å². The van der Waals surface area contributed by atoms with Crippen LogP contribution in [0, 0.1) is 0 Å². The highest BCUT2D eigenvalue weighted by Crippen LogP contribution is 2.15. The minimum atomic E-state index is 0.694. The van der Waals surface area contributed by atoms with Crippen molar-refractivity contribution in [3.05, 3.63) is 6.20 Å². The molecule has 0 radical (unpaired) electrons. The second kappa shape index (κ2) is 4.71. The van der Waals surface area contributed by atoms with Crippen LogP contribution < -0.4 is 16.4 Å². The number of nitrogens with zero attached hydrogens (tertiary/aromatic N) is 2. The Morgan fingerprint density at radius 1 is 1.62 bits per heavy atom. The van der Waals surface area contributed by atoms with E-state index < -0.39 is 0 Å². The molecule has 5 heteroatoms. The molecular weight excluding hydrogens is 166 g/mol. The summed E-state index contributed by atoms with van der Waals surface area (Å²) >= 11 is 0. The molecule has 1 aromatic rings. The molecule has 0 aliphatic rings. The molecule has 5 nitrogen and oxygen atoms in total. The average molecular weight is 183 g/mol. The van der Waals surface area contributed by atoms with Crippen LogP contribution in [-0.2, 0) is 6.54 Å². The van der Waals surface area contributed by atoms with Gasteiger partial charge in [0.15, 0.2) is 0 Å². The van der Waals surface area contributed by atoms with Gasteiger partial charge in [0.25, 0.3) is 0 Å². The van der Waals surface area contributed by atoms with Crippen molar-refractivity contribution in [2.75, 3.05) is 31.2 Å². The molecule has 0 atom stereocenters. The Bertz CT molecular complexity index is 255. The fourth-order valence-corrected chi connectivity index (χ4v) is 1.20. The number of nitrogens with two attached hydrogens (primary N) is 1. The SMILES string of the molecule is CCNCCn1ncc(N)c1NC. The van der Waals surface area contributed by atoms with E-state index in [0.717, 1.165) is 25.5 Å². The molecule has 0 aliphatic carbocycles. The van der Waals surface area contributed by atoms with E-state index in [1.807, 2.05) is 11.7 Å². The maximum Gasteiger partial charge on any atom is 0.147 e. The molecule has 74 valence electrons. The van der Waals surface area contributed by atoms with Crippen molar-refractivity contribution < 1.29 is 0 Å². The highest BCUT2D eigenvalue weighted by Gasteiger charge is 2.04. The minimum Gasteiger partial charge on any atom is -0.394 e. The van der Waals surface area contributed by atoms with Gasteiger partial charge in [0.1, 0.15) is 5.82 Å². The first-order valence-corrected chi connectivity index (χ1v) is 4.49. The van der Waals surface area contributed by atoms with Gasteiger partial charge < -0.3 is 16.4 Å². The zero-order chi connectivity index (χ0) is 9.68. The lowest BCUT2D eigenvalue weighted by Gasteiger charge is -2.07. The van der Waals surface area contributed by atoms with Gasteiger partial charge in [-0.3, -0.25) is 0 Å². The summed E-state index contributed by atoms with van der Waals surface area (Å²) in [6.45, 7) is 4.80. The second-order valence-corrected chi connectivity index (χ2v) is 2.78. The van der Waals surface area contributed by atoms with Gasteiger partial charge in [-0.2, -0.15) is 5.10 Å². The molecule has 1 aromatic heterocycles. The lowest BCUT2D eigenvalue weighted by Crippen LogP contribution is -2.20. The number of nitrogens with one attached hydrogen (secondary N) is 2. The number of nitrogen functional groups attached to an aromatic ring is 1. The van der Waals surface area contributed by atoms with Crippen LogP contribution >= 0.6 is 0 Å². The van der Waals surface area contributed by atoms with E-state index >= 15 is 0 Å². The summed E-state index contributed by atoms with van der Waals surface area (Å²) in [7, 11) is 1.84. The Labute approximate surface area is 78.3 Å². The summed E-state index contributed by atoms with van der Waals surface area (Å²) in [6, 6.07) is 0. The predicted octanol–water partition coefficient (Wildman–Crippen LogP) is 0.116. The van der Waals surface area contributed by atoms with Crippen LogP contribution in [0.5, 0.6) is 0 Å². The molecular formula is C8H17N5. The highest BCUT2D eigenvalue weighted by molar-refractivity contribution is 5.60. The van der Waals surface area contributed by atoms with Gasteiger partial charge in [-0.25, -0.2) is 4.68 Å². The Kier molecular flexibility index (Phi) is 3.57. The molecule has 0 bridgehead atoms. The van der Waals surface area contributed by atoms with Gasteiger partial charge in [-0.05, 0) is 6.54 Å². The number of anilines is 2. The zero-order valence-corrected chi connectivity index (χ0v) is 8.17. The first-order chi connectivity index (χ1) is 6.29. The third kappa shape index (κ3) is 2.35. The van der Waals surface area contributed by atoms with Crippen LogP contribution in [0.4, 0.5) is 11.5 Å². The fraction of sp³-hybridized carbons (Fsp3) is 0.625. The van der Waals surface area contributed by atoms with E-state index in [9.17, 15) is 0 Å². The Morgan fingerprint density at radius 2 is 2.38 bits per heavy atom. The zero-order valence-electron chi connectivity index (χ0n) is 8.17. The van der Waals surface area contributed by atoms with Gasteiger partial charge in [0.05, 0.1) is 18.4 Å². The molecule has 0 aromatic carbocycles. The summed E-state index contributed by atoms with van der Waals surface area (Å²) in [4.78, 5) is 0. The molecule has 0 aliphatic heterocycles. The van der Waals surface area contributed by atoms with Crippen molar-refractivity contribution in [2.24, 2.45) is 0 Å². The van der Waals surface area contributed by atoms with E-state index in [-0.39, 0.29) is 0 Å². The normalized spacial score (nSPS) is 10.3. The van der Waals surface area contributed by atoms with Crippen molar-refractivity contribution in [1.82, 2.24) is 15.1 Å². The van der Waals surface area contributed by atoms with Crippen LogP contribution in [0.15, 0.2) is 6.20 Å². The standard InChI is InChI=1S/C8H17N5/c1-3-11-4-5-13-8(10-2)7(9)6-12-13/h6,10-11H,3-5,9H2,1-2H3. The number of hydrogen-bond acceptors (Lipinski definition) is 4. The van der Waals surface area contributed by atoms with Gasteiger partial charge in [-0.15, -0.1) is 0 Å². The first kappa shape index (κ1) is 9.85. The molecule has 0 saturated carbocycles. The first-order valence-electron chi connectivity index (χ1n) is 4.49. The molecule has 1 rings (SSSR count). The third-order valence-electron chi connectivity index (χ3n) is 1.85. The minimum absolute atomic E-state index is 0.694. The number of likely N-dealkylation sites (N-methyl/N-ethyl adjacent to an activating group) is 1. The number of aromatic nitrogens is 2. The summed E-state index contributed by atoms with van der Waals surface area (Å²) in [5.74, 6) is 0.887. The summed E-state index contributed by atoms with van der Waals surface area (Å²) in [6.07, 6.45) is 1.66. The molecule has 0 spiro atoms. The molecule has 0 unspecified atom stereocenters. The van der Waals surface area contributed by atoms with Crippen LogP contribution in [0.1, 0.15) is 6.92 Å². The van der Waals surface area contributed by atoms with Gasteiger partial charge in [0.2, 0.25) is 0 Å². The van der Waals surface area contributed by atoms with Crippen LogP contribution in [0.25, 0.3) is 0 Å². The maximum absolute atomic E-state index is 5.69. The van der Waals surface area contributed by atoms with Gasteiger partial charge in [0, 0.05) is 13.6 Å².